The van der Waals surface area contributed by atoms with Gasteiger partial charge in [-0.15, -0.1) is 0 Å². The lowest BCUT2D eigenvalue weighted by molar-refractivity contribution is 0.461. The van der Waals surface area contributed by atoms with E-state index in [9.17, 15) is 0 Å². The summed E-state index contributed by atoms with van der Waals surface area (Å²) in [4.78, 5) is 18.1. The van der Waals surface area contributed by atoms with Gasteiger partial charge in [0.15, 0.2) is 0 Å². The Balaban J connectivity index is 1.32. The minimum Gasteiger partial charge on any atom is -0.351 e. The first kappa shape index (κ1) is 19.7. The molecule has 3 aromatic rings. The van der Waals surface area contributed by atoms with Crippen LogP contribution < -0.4 is 16.0 Å². The van der Waals surface area contributed by atoms with Gasteiger partial charge in [-0.1, -0.05) is 43.5 Å². The Hall–Kier alpha value is -3.22. The normalized spacial score (nSPS) is 16.6. The highest BCUT2D eigenvalue weighted by atomic mass is 15.3. The van der Waals surface area contributed by atoms with E-state index in [2.05, 4.69) is 55.2 Å². The van der Waals surface area contributed by atoms with Crippen molar-refractivity contribution in [3.8, 4) is 0 Å². The molecular formula is C24H29N7. The summed E-state index contributed by atoms with van der Waals surface area (Å²) in [5, 5.41) is 10.5. The van der Waals surface area contributed by atoms with Gasteiger partial charge in [0.25, 0.3) is 0 Å². The van der Waals surface area contributed by atoms with Crippen molar-refractivity contribution in [3.05, 3.63) is 65.5 Å². The highest BCUT2D eigenvalue weighted by Gasteiger charge is 2.22. The molecule has 160 valence electrons. The standard InChI is InChI=1S/C24H29N7/c1-2-8-20(9-3-1)27-23-29-22(26-16-17-10-12-25-13-11-17)30-24(31-23)28-21-14-18-6-4-5-7-19(18)15-21/h4-7,10-13,20-21H,1-3,8-9,14-16H2,(H3,26,27,28,29,30,31). The van der Waals surface area contributed by atoms with E-state index in [1.165, 1.54) is 43.2 Å². The van der Waals surface area contributed by atoms with Gasteiger partial charge in [0.05, 0.1) is 0 Å². The van der Waals surface area contributed by atoms with Gasteiger partial charge in [0, 0.05) is 31.0 Å². The van der Waals surface area contributed by atoms with Gasteiger partial charge in [-0.05, 0) is 54.5 Å². The highest BCUT2D eigenvalue weighted by Crippen LogP contribution is 2.25. The SMILES string of the molecule is c1ccc2c(c1)CC(Nc1nc(NCc3ccncc3)nc(NC3CCCCC3)n1)C2. The Morgan fingerprint density at radius 3 is 2.00 bits per heavy atom. The number of anilines is 3. The van der Waals surface area contributed by atoms with Crippen molar-refractivity contribution in [2.24, 2.45) is 0 Å². The molecule has 0 unspecified atom stereocenters. The Morgan fingerprint density at radius 2 is 1.32 bits per heavy atom. The van der Waals surface area contributed by atoms with Crippen molar-refractivity contribution in [1.82, 2.24) is 19.9 Å². The summed E-state index contributed by atoms with van der Waals surface area (Å²) < 4.78 is 0. The quantitative estimate of drug-likeness (QED) is 0.533. The van der Waals surface area contributed by atoms with E-state index in [1.807, 2.05) is 12.1 Å². The van der Waals surface area contributed by atoms with Crippen LogP contribution in [0.4, 0.5) is 17.8 Å². The Labute approximate surface area is 183 Å². The molecule has 3 N–H and O–H groups in total. The predicted molar refractivity (Wildman–Crippen MR) is 123 cm³/mol. The highest BCUT2D eigenvalue weighted by molar-refractivity contribution is 5.45. The second kappa shape index (κ2) is 9.29. The van der Waals surface area contributed by atoms with Crippen LogP contribution in [0.1, 0.15) is 48.8 Å². The molecule has 0 atom stereocenters. The minimum absolute atomic E-state index is 0.301. The third kappa shape index (κ3) is 5.10. The summed E-state index contributed by atoms with van der Waals surface area (Å²) in [6, 6.07) is 13.4. The second-order valence-electron chi connectivity index (χ2n) is 8.51. The van der Waals surface area contributed by atoms with Crippen molar-refractivity contribution in [3.63, 3.8) is 0 Å². The molecule has 1 aromatic carbocycles. The molecule has 2 aromatic heterocycles. The van der Waals surface area contributed by atoms with E-state index in [0.717, 1.165) is 18.4 Å². The zero-order valence-corrected chi connectivity index (χ0v) is 17.7. The molecule has 0 bridgehead atoms. The van der Waals surface area contributed by atoms with Crippen molar-refractivity contribution < 1.29 is 0 Å². The lowest BCUT2D eigenvalue weighted by Gasteiger charge is -2.23. The molecule has 0 radical (unpaired) electrons. The molecule has 0 amide bonds. The monoisotopic (exact) mass is 415 g/mol. The third-order valence-corrected chi connectivity index (χ3v) is 6.16. The summed E-state index contributed by atoms with van der Waals surface area (Å²) in [6.45, 7) is 0.643. The van der Waals surface area contributed by atoms with Gasteiger partial charge in [-0.3, -0.25) is 4.98 Å². The molecule has 5 rings (SSSR count). The van der Waals surface area contributed by atoms with Crippen LogP contribution in [0.3, 0.4) is 0 Å². The number of pyridine rings is 1. The zero-order valence-electron chi connectivity index (χ0n) is 17.7. The maximum Gasteiger partial charge on any atom is 0.229 e. The average Bonchev–Trinajstić information content (AvgIpc) is 3.21. The van der Waals surface area contributed by atoms with Crippen LogP contribution in [0.5, 0.6) is 0 Å². The van der Waals surface area contributed by atoms with Crippen molar-refractivity contribution in [2.45, 2.75) is 63.6 Å². The van der Waals surface area contributed by atoms with Crippen LogP contribution in [0.15, 0.2) is 48.8 Å². The molecule has 0 spiro atoms. The molecule has 2 aliphatic rings. The number of nitrogens with zero attached hydrogens (tertiary/aromatic N) is 4. The number of aromatic nitrogens is 4. The van der Waals surface area contributed by atoms with Crippen LogP contribution in [-0.4, -0.2) is 32.0 Å². The molecule has 2 aliphatic carbocycles. The first-order chi connectivity index (χ1) is 15.3. The van der Waals surface area contributed by atoms with Crippen LogP contribution in [0.2, 0.25) is 0 Å². The Bertz CT molecular complexity index is 977. The van der Waals surface area contributed by atoms with Gasteiger partial charge in [-0.25, -0.2) is 0 Å². The lowest BCUT2D eigenvalue weighted by atomic mass is 9.96. The largest absolute Gasteiger partial charge is 0.351 e. The number of hydrogen-bond acceptors (Lipinski definition) is 7. The van der Waals surface area contributed by atoms with E-state index in [-0.39, 0.29) is 0 Å². The van der Waals surface area contributed by atoms with E-state index < -0.39 is 0 Å². The fourth-order valence-electron chi connectivity index (χ4n) is 4.54. The predicted octanol–water partition coefficient (Wildman–Crippen LogP) is 4.20. The van der Waals surface area contributed by atoms with Gasteiger partial charge < -0.3 is 16.0 Å². The van der Waals surface area contributed by atoms with Crippen molar-refractivity contribution in [1.29, 1.82) is 0 Å². The lowest BCUT2D eigenvalue weighted by Crippen LogP contribution is -2.26. The van der Waals surface area contributed by atoms with Crippen molar-refractivity contribution >= 4 is 17.8 Å². The summed E-state index contributed by atoms with van der Waals surface area (Å²) in [5.74, 6) is 1.86. The first-order valence-electron chi connectivity index (χ1n) is 11.3. The molecule has 7 heteroatoms. The Morgan fingerprint density at radius 1 is 0.710 bits per heavy atom. The van der Waals surface area contributed by atoms with Crippen LogP contribution in [0.25, 0.3) is 0 Å². The van der Waals surface area contributed by atoms with E-state index in [4.69, 9.17) is 4.98 Å². The van der Waals surface area contributed by atoms with Gasteiger partial charge in [0.2, 0.25) is 17.8 Å². The summed E-state index contributed by atoms with van der Waals surface area (Å²) in [5.41, 5.74) is 3.95. The molecule has 2 heterocycles. The van der Waals surface area contributed by atoms with Gasteiger partial charge >= 0.3 is 0 Å². The smallest absolute Gasteiger partial charge is 0.229 e. The molecule has 7 nitrogen and oxygen atoms in total. The van der Waals surface area contributed by atoms with Crippen LogP contribution in [0, 0.1) is 0 Å². The fraction of sp³-hybridized carbons (Fsp3) is 0.417. The molecule has 0 saturated heterocycles. The van der Waals surface area contributed by atoms with Gasteiger partial charge in [0.1, 0.15) is 0 Å². The second-order valence-corrected chi connectivity index (χ2v) is 8.51. The number of hydrogen-bond donors (Lipinski definition) is 3. The van der Waals surface area contributed by atoms with E-state index >= 15 is 0 Å². The fourth-order valence-corrected chi connectivity index (χ4v) is 4.54. The van der Waals surface area contributed by atoms with Gasteiger partial charge in [-0.2, -0.15) is 15.0 Å². The van der Waals surface area contributed by atoms with E-state index in [0.29, 0.717) is 36.5 Å². The number of fused-ring (bicyclic) bond motifs is 1. The topological polar surface area (TPSA) is 87.7 Å². The number of benzene rings is 1. The summed E-state index contributed by atoms with van der Waals surface area (Å²) in [6.07, 6.45) is 11.8. The number of rotatable bonds is 7. The van der Waals surface area contributed by atoms with Crippen molar-refractivity contribution in [2.75, 3.05) is 16.0 Å². The molecule has 1 saturated carbocycles. The van der Waals surface area contributed by atoms with Crippen LogP contribution >= 0.6 is 0 Å². The summed E-state index contributed by atoms with van der Waals surface area (Å²) in [7, 11) is 0. The minimum atomic E-state index is 0.301. The molecular weight excluding hydrogens is 386 g/mol. The van der Waals surface area contributed by atoms with Crippen LogP contribution in [-0.2, 0) is 19.4 Å². The maximum atomic E-state index is 4.71. The first-order valence-corrected chi connectivity index (χ1v) is 11.3. The molecule has 1 fully saturated rings. The number of nitrogens with one attached hydrogen (secondary N) is 3. The third-order valence-electron chi connectivity index (χ3n) is 6.16. The molecule has 0 aliphatic heterocycles. The Kier molecular flexibility index (Phi) is 5.91. The maximum absolute atomic E-state index is 4.71. The zero-order chi connectivity index (χ0) is 20.9. The summed E-state index contributed by atoms with van der Waals surface area (Å²) >= 11 is 0. The van der Waals surface area contributed by atoms with E-state index in [1.54, 1.807) is 12.4 Å². The average molecular weight is 416 g/mol. The molecule has 31 heavy (non-hydrogen) atoms.